The summed E-state index contributed by atoms with van der Waals surface area (Å²) in [5.74, 6) is 0.881. The van der Waals surface area contributed by atoms with Crippen LogP contribution in [0.3, 0.4) is 0 Å². The van der Waals surface area contributed by atoms with Crippen LogP contribution in [0.5, 0.6) is 0 Å². The third-order valence-corrected chi connectivity index (χ3v) is 6.41. The van der Waals surface area contributed by atoms with Crippen molar-refractivity contribution in [2.45, 2.75) is 25.9 Å². The van der Waals surface area contributed by atoms with Crippen LogP contribution in [-0.2, 0) is 4.74 Å². The fourth-order valence-corrected chi connectivity index (χ4v) is 5.00. The number of anilines is 1. The van der Waals surface area contributed by atoms with Crippen molar-refractivity contribution >= 4 is 29.0 Å². The minimum atomic E-state index is -0.412. The zero-order valence-corrected chi connectivity index (χ0v) is 20.5. The lowest BCUT2D eigenvalue weighted by molar-refractivity contribution is 0.0601. The number of nitrogens with zero attached hydrogens (tertiary/aromatic N) is 2. The molecule has 0 radical (unpaired) electrons. The smallest absolute Gasteiger partial charge is 0.338 e. The van der Waals surface area contributed by atoms with Crippen LogP contribution >= 0.6 is 12.2 Å². The Morgan fingerprint density at radius 2 is 1.77 bits per heavy atom. The molecule has 0 saturated carbocycles. The van der Waals surface area contributed by atoms with Gasteiger partial charge in [-0.25, -0.2) is 4.79 Å². The quantitative estimate of drug-likeness (QED) is 0.279. The van der Waals surface area contributed by atoms with E-state index in [9.17, 15) is 4.79 Å². The minimum absolute atomic E-state index is 0.223. The van der Waals surface area contributed by atoms with Crippen LogP contribution in [0.15, 0.2) is 83.4 Å². The van der Waals surface area contributed by atoms with Crippen LogP contribution in [0, 0.1) is 13.8 Å². The molecule has 1 aliphatic rings. The van der Waals surface area contributed by atoms with Gasteiger partial charge >= 0.3 is 5.97 Å². The van der Waals surface area contributed by atoms with Crippen molar-refractivity contribution in [3.63, 3.8) is 0 Å². The second-order valence-electron chi connectivity index (χ2n) is 8.58. The molecular formula is C28H25N3O3S. The van der Waals surface area contributed by atoms with Gasteiger partial charge in [-0.3, -0.25) is 4.98 Å². The molecule has 0 aliphatic carbocycles. The first-order valence-corrected chi connectivity index (χ1v) is 11.7. The van der Waals surface area contributed by atoms with E-state index in [0.29, 0.717) is 27.8 Å². The first kappa shape index (κ1) is 22.8. The van der Waals surface area contributed by atoms with Gasteiger partial charge in [0.25, 0.3) is 0 Å². The normalized spacial score (nSPS) is 17.3. The summed E-state index contributed by atoms with van der Waals surface area (Å²) in [6, 6.07) is 22.8. The highest BCUT2D eigenvalue weighted by Crippen LogP contribution is 2.43. The molecule has 3 heterocycles. The van der Waals surface area contributed by atoms with Gasteiger partial charge in [0.2, 0.25) is 0 Å². The van der Waals surface area contributed by atoms with Gasteiger partial charge in [-0.1, -0.05) is 30.3 Å². The predicted molar refractivity (Wildman–Crippen MR) is 139 cm³/mol. The molecule has 0 unspecified atom stereocenters. The number of methoxy groups -OCH3 is 1. The van der Waals surface area contributed by atoms with Crippen LogP contribution in [-0.4, -0.2) is 23.2 Å². The molecule has 0 bridgehead atoms. The number of aromatic nitrogens is 1. The molecule has 2 aromatic heterocycles. The van der Waals surface area contributed by atoms with E-state index in [1.807, 2.05) is 42.5 Å². The lowest BCUT2D eigenvalue weighted by Gasteiger charge is -2.26. The number of carbonyl (C=O) groups excluding carboxylic acids is 1. The molecule has 5 rings (SSSR count). The summed E-state index contributed by atoms with van der Waals surface area (Å²) in [4.78, 5) is 19.0. The zero-order chi connectivity index (χ0) is 24.5. The van der Waals surface area contributed by atoms with Crippen molar-refractivity contribution in [1.82, 2.24) is 10.3 Å². The van der Waals surface area contributed by atoms with Gasteiger partial charge in [0.15, 0.2) is 5.11 Å². The molecule has 2 atom stereocenters. The summed E-state index contributed by atoms with van der Waals surface area (Å²) in [7, 11) is 1.37. The number of nitrogens with one attached hydrogen (secondary N) is 1. The van der Waals surface area contributed by atoms with E-state index in [1.165, 1.54) is 7.11 Å². The maximum absolute atomic E-state index is 12.3. The SMILES string of the molecule is COC(=O)c1ccccc1-c1ccc([C@@H]2[C@H](c3ccccn3)NC(=S)N2c2cc(C)cc(C)c2)o1. The number of hydrogen-bond donors (Lipinski definition) is 1. The van der Waals surface area contributed by atoms with Gasteiger partial charge in [0.05, 0.1) is 24.4 Å². The Hall–Kier alpha value is -3.97. The zero-order valence-electron chi connectivity index (χ0n) is 19.7. The average Bonchev–Trinajstić information content (AvgIpc) is 3.48. The highest BCUT2D eigenvalue weighted by Gasteiger charge is 2.42. The van der Waals surface area contributed by atoms with Gasteiger partial charge in [-0.15, -0.1) is 0 Å². The third kappa shape index (κ3) is 4.31. The Balaban J connectivity index is 1.63. The Labute approximate surface area is 209 Å². The van der Waals surface area contributed by atoms with Crippen molar-refractivity contribution in [2.75, 3.05) is 12.0 Å². The fraction of sp³-hybridized carbons (Fsp3) is 0.179. The lowest BCUT2D eigenvalue weighted by Crippen LogP contribution is -2.29. The monoisotopic (exact) mass is 483 g/mol. The Morgan fingerprint density at radius 1 is 1.03 bits per heavy atom. The summed E-state index contributed by atoms with van der Waals surface area (Å²) in [5, 5.41) is 4.06. The van der Waals surface area contributed by atoms with Crippen LogP contribution in [0.4, 0.5) is 5.69 Å². The number of aryl methyl sites for hydroxylation is 2. The molecule has 1 fully saturated rings. The van der Waals surface area contributed by atoms with Crippen LogP contribution in [0.25, 0.3) is 11.3 Å². The molecule has 0 spiro atoms. The van der Waals surface area contributed by atoms with Crippen molar-refractivity contribution in [3.8, 4) is 11.3 Å². The molecule has 1 saturated heterocycles. The Kier molecular flexibility index (Phi) is 6.09. The van der Waals surface area contributed by atoms with E-state index in [4.69, 9.17) is 21.4 Å². The van der Waals surface area contributed by atoms with Gasteiger partial charge in [-0.05, 0) is 79.7 Å². The summed E-state index contributed by atoms with van der Waals surface area (Å²) >= 11 is 5.82. The van der Waals surface area contributed by atoms with Gasteiger partial charge in [-0.2, -0.15) is 0 Å². The number of thiocarbonyl (C=S) groups is 1. The number of rotatable bonds is 5. The number of furan rings is 1. The number of pyridine rings is 1. The van der Waals surface area contributed by atoms with E-state index < -0.39 is 5.97 Å². The maximum atomic E-state index is 12.3. The van der Waals surface area contributed by atoms with Crippen molar-refractivity contribution in [1.29, 1.82) is 0 Å². The van der Waals surface area contributed by atoms with Crippen LogP contribution in [0.2, 0.25) is 0 Å². The molecule has 176 valence electrons. The molecule has 6 nitrogen and oxygen atoms in total. The minimum Gasteiger partial charge on any atom is -0.465 e. The second-order valence-corrected chi connectivity index (χ2v) is 8.97. The van der Waals surface area contributed by atoms with E-state index in [2.05, 4.69) is 47.2 Å². The molecule has 2 aromatic carbocycles. The van der Waals surface area contributed by atoms with Crippen molar-refractivity contribution < 1.29 is 13.9 Å². The van der Waals surface area contributed by atoms with Gasteiger partial charge in [0, 0.05) is 17.4 Å². The molecule has 35 heavy (non-hydrogen) atoms. The maximum Gasteiger partial charge on any atom is 0.338 e. The highest BCUT2D eigenvalue weighted by molar-refractivity contribution is 7.80. The fourth-order valence-electron chi connectivity index (χ4n) is 4.65. The molecule has 1 N–H and O–H groups in total. The summed E-state index contributed by atoms with van der Waals surface area (Å²) in [6.45, 7) is 4.14. The Bertz CT molecular complexity index is 1380. The van der Waals surface area contributed by atoms with Crippen LogP contribution in [0.1, 0.15) is 45.0 Å². The van der Waals surface area contributed by atoms with E-state index in [0.717, 1.165) is 22.5 Å². The lowest BCUT2D eigenvalue weighted by atomic mass is 10.0. The molecule has 0 amide bonds. The first-order chi connectivity index (χ1) is 17.0. The first-order valence-electron chi connectivity index (χ1n) is 11.3. The summed E-state index contributed by atoms with van der Waals surface area (Å²) < 4.78 is 11.4. The molecule has 1 aliphatic heterocycles. The van der Waals surface area contributed by atoms with E-state index in [-0.39, 0.29) is 12.1 Å². The molecule has 7 heteroatoms. The topological polar surface area (TPSA) is 67.6 Å². The van der Waals surface area contributed by atoms with Gasteiger partial charge < -0.3 is 19.4 Å². The van der Waals surface area contributed by atoms with Crippen molar-refractivity contribution in [3.05, 3.63) is 107 Å². The van der Waals surface area contributed by atoms with Crippen LogP contribution < -0.4 is 10.2 Å². The average molecular weight is 484 g/mol. The number of ether oxygens (including phenoxy) is 1. The second kappa shape index (κ2) is 9.35. The number of hydrogen-bond acceptors (Lipinski definition) is 5. The third-order valence-electron chi connectivity index (χ3n) is 6.10. The predicted octanol–water partition coefficient (Wildman–Crippen LogP) is 5.92. The molecule has 4 aromatic rings. The standard InChI is InChI=1S/C28H25N3O3S/c1-17-14-18(2)16-19(15-17)31-26(25(30-28(31)35)22-10-6-7-13-29-22)24-12-11-23(34-24)20-8-4-5-9-21(20)27(32)33-3/h4-16,25-26H,1-3H3,(H,30,35)/t25-,26+/m0/s1. The summed E-state index contributed by atoms with van der Waals surface area (Å²) in [6.07, 6.45) is 1.77. The Morgan fingerprint density at radius 3 is 2.49 bits per heavy atom. The number of esters is 1. The van der Waals surface area contributed by atoms with Crippen molar-refractivity contribution in [2.24, 2.45) is 0 Å². The highest BCUT2D eigenvalue weighted by atomic mass is 32.1. The summed E-state index contributed by atoms with van der Waals surface area (Å²) in [5.41, 5.74) is 5.26. The van der Waals surface area contributed by atoms with E-state index in [1.54, 1.807) is 18.3 Å². The van der Waals surface area contributed by atoms with E-state index >= 15 is 0 Å². The molecular weight excluding hydrogens is 458 g/mol. The number of carbonyl (C=O) groups is 1. The number of benzene rings is 2. The largest absolute Gasteiger partial charge is 0.465 e. The van der Waals surface area contributed by atoms with Gasteiger partial charge in [0.1, 0.15) is 17.6 Å².